The van der Waals surface area contributed by atoms with Crippen molar-refractivity contribution in [2.24, 2.45) is 11.8 Å². The Morgan fingerprint density at radius 1 is 1.00 bits per heavy atom. The molecule has 2 aromatic carbocycles. The molecule has 2 saturated carbocycles. The minimum atomic E-state index is -1.18. The van der Waals surface area contributed by atoms with Crippen LogP contribution in [-0.2, 0) is 0 Å². The average molecular weight is 531 g/mol. The molecule has 0 spiro atoms. The number of anilines is 1. The van der Waals surface area contributed by atoms with Gasteiger partial charge in [0.1, 0.15) is 34.6 Å². The van der Waals surface area contributed by atoms with Gasteiger partial charge in [0, 0.05) is 24.8 Å². The summed E-state index contributed by atoms with van der Waals surface area (Å²) in [5.41, 5.74) is -0.414. The maximum atomic E-state index is 16.4. The lowest BCUT2D eigenvalue weighted by Crippen LogP contribution is -2.37. The Bertz CT molecular complexity index is 1550. The third-order valence-corrected chi connectivity index (χ3v) is 8.90. The Labute approximate surface area is 226 Å². The highest BCUT2D eigenvalue weighted by molar-refractivity contribution is 5.99. The third-order valence-electron chi connectivity index (χ3n) is 8.90. The Balaban J connectivity index is 1.35. The number of alkyl halides is 1. The molecule has 39 heavy (non-hydrogen) atoms. The molecule has 2 aromatic heterocycles. The van der Waals surface area contributed by atoms with Gasteiger partial charge in [-0.2, -0.15) is 9.97 Å². The zero-order valence-corrected chi connectivity index (χ0v) is 22.0. The summed E-state index contributed by atoms with van der Waals surface area (Å²) in [6, 6.07) is 10.8. The molecule has 2 atom stereocenters. The van der Waals surface area contributed by atoms with Crippen molar-refractivity contribution in [3.63, 3.8) is 0 Å². The lowest BCUT2D eigenvalue weighted by molar-refractivity contribution is 0.0534. The summed E-state index contributed by atoms with van der Waals surface area (Å²) in [6.07, 6.45) is 7.05. The molecule has 8 heteroatoms. The van der Waals surface area contributed by atoms with Crippen molar-refractivity contribution in [1.82, 2.24) is 15.0 Å². The van der Waals surface area contributed by atoms with E-state index in [9.17, 15) is 9.50 Å². The van der Waals surface area contributed by atoms with Gasteiger partial charge in [0.2, 0.25) is 0 Å². The van der Waals surface area contributed by atoms with Crippen LogP contribution in [0.5, 0.6) is 11.8 Å². The molecule has 2 bridgehead atoms. The molecule has 202 valence electrons. The minimum Gasteiger partial charge on any atom is -0.508 e. The predicted octanol–water partition coefficient (Wildman–Crippen LogP) is 6.98. The fraction of sp³-hybridized carbons (Fsp3) is 0.452. The van der Waals surface area contributed by atoms with Crippen molar-refractivity contribution in [2.45, 2.75) is 63.6 Å². The van der Waals surface area contributed by atoms with Gasteiger partial charge in [-0.25, -0.2) is 8.78 Å². The number of fused-ring (bicyclic) bond motifs is 4. The number of pyridine rings is 1. The first-order chi connectivity index (χ1) is 18.8. The van der Waals surface area contributed by atoms with Crippen molar-refractivity contribution in [3.8, 4) is 23.0 Å². The van der Waals surface area contributed by atoms with Crippen LogP contribution in [0.25, 0.3) is 32.9 Å². The van der Waals surface area contributed by atoms with Crippen LogP contribution in [0.1, 0.15) is 51.9 Å². The molecule has 2 unspecified atom stereocenters. The number of ether oxygens (including phenoxy) is 1. The highest BCUT2D eigenvalue weighted by atomic mass is 19.1. The van der Waals surface area contributed by atoms with Gasteiger partial charge in [-0.05, 0) is 86.6 Å². The van der Waals surface area contributed by atoms with Crippen LogP contribution in [0, 0.1) is 17.7 Å². The van der Waals surface area contributed by atoms with Crippen molar-refractivity contribution >= 4 is 27.5 Å². The number of hydrogen-bond acceptors (Lipinski definition) is 6. The van der Waals surface area contributed by atoms with E-state index in [0.29, 0.717) is 54.3 Å². The van der Waals surface area contributed by atoms with E-state index in [1.807, 2.05) is 24.3 Å². The molecule has 7 rings (SSSR count). The van der Waals surface area contributed by atoms with Crippen molar-refractivity contribution < 1.29 is 18.6 Å². The third kappa shape index (κ3) is 4.53. The Morgan fingerprint density at radius 2 is 1.74 bits per heavy atom. The summed E-state index contributed by atoms with van der Waals surface area (Å²) in [4.78, 5) is 16.2. The molecule has 2 aliphatic carbocycles. The van der Waals surface area contributed by atoms with Crippen LogP contribution in [0.4, 0.5) is 14.6 Å². The minimum absolute atomic E-state index is 0.0401. The number of hydrogen-bond donors (Lipinski definition) is 1. The number of aromatic hydroxyl groups is 1. The Kier molecular flexibility index (Phi) is 5.83. The first-order valence-corrected chi connectivity index (χ1v) is 14.0. The van der Waals surface area contributed by atoms with Gasteiger partial charge in [-0.3, -0.25) is 4.98 Å². The van der Waals surface area contributed by atoms with Crippen molar-refractivity contribution in [1.29, 1.82) is 0 Å². The van der Waals surface area contributed by atoms with Crippen molar-refractivity contribution in [3.05, 3.63) is 48.4 Å². The zero-order valence-electron chi connectivity index (χ0n) is 22.0. The summed E-state index contributed by atoms with van der Waals surface area (Å²) in [7, 11) is 0. The molecule has 3 aliphatic rings. The van der Waals surface area contributed by atoms with E-state index in [0.717, 1.165) is 23.9 Å². The molecule has 3 fully saturated rings. The Morgan fingerprint density at radius 3 is 2.51 bits per heavy atom. The fourth-order valence-electron chi connectivity index (χ4n) is 6.84. The smallest absolute Gasteiger partial charge is 0.319 e. The van der Waals surface area contributed by atoms with E-state index in [1.54, 1.807) is 19.2 Å². The molecular weight excluding hydrogens is 498 g/mol. The number of nitrogens with zero attached hydrogens (tertiary/aromatic N) is 4. The second-order valence-electron chi connectivity index (χ2n) is 11.9. The number of benzene rings is 2. The van der Waals surface area contributed by atoms with E-state index < -0.39 is 11.5 Å². The maximum Gasteiger partial charge on any atom is 0.319 e. The number of aromatic nitrogens is 3. The van der Waals surface area contributed by atoms with Crippen LogP contribution in [0.15, 0.2) is 42.6 Å². The van der Waals surface area contributed by atoms with E-state index in [2.05, 4.69) is 14.9 Å². The quantitative estimate of drug-likeness (QED) is 0.307. The monoisotopic (exact) mass is 530 g/mol. The van der Waals surface area contributed by atoms with Crippen LogP contribution in [0.2, 0.25) is 0 Å². The summed E-state index contributed by atoms with van der Waals surface area (Å²) in [5, 5.41) is 12.5. The Hall–Kier alpha value is -3.55. The molecule has 0 radical (unpaired) electrons. The van der Waals surface area contributed by atoms with Gasteiger partial charge in [0.05, 0.1) is 5.39 Å². The number of rotatable bonds is 4. The van der Waals surface area contributed by atoms with E-state index in [4.69, 9.17) is 9.72 Å². The number of halogens is 2. The molecule has 6 nitrogen and oxygen atoms in total. The molecule has 1 N–H and O–H groups in total. The van der Waals surface area contributed by atoms with Gasteiger partial charge in [0.25, 0.3) is 0 Å². The largest absolute Gasteiger partial charge is 0.508 e. The summed E-state index contributed by atoms with van der Waals surface area (Å²) < 4.78 is 37.0. The zero-order chi connectivity index (χ0) is 26.7. The molecule has 3 heterocycles. The fourth-order valence-corrected chi connectivity index (χ4v) is 6.84. The SMILES string of the molecule is CC1(F)CCC(Oc2nc(N3CC4CCC(C4)C3)c3cnc(-c4cc(O)cc5ccccc45)c(F)c3n2)CC1. The standard InChI is InChI=1S/C31H32F2N4O2/c1-31(33)10-8-22(9-11-31)39-30-35-28-25(29(36-30)37-16-18-6-7-19(12-18)17-37)15-34-27(26(28)32)24-14-21(38)13-20-4-2-3-5-23(20)24/h2-5,13-15,18-19,22,38H,6-12,16-17H2,1H3. The van der Waals surface area contributed by atoms with Gasteiger partial charge in [-0.1, -0.05) is 24.3 Å². The van der Waals surface area contributed by atoms with Gasteiger partial charge >= 0.3 is 6.01 Å². The molecule has 1 aliphatic heterocycles. The number of phenolic OH excluding ortho intramolecular Hbond substituents is 1. The van der Waals surface area contributed by atoms with Gasteiger partial charge in [0.15, 0.2) is 5.82 Å². The average Bonchev–Trinajstić information content (AvgIpc) is 3.26. The number of piperidine rings is 1. The van der Waals surface area contributed by atoms with Crippen LogP contribution >= 0.6 is 0 Å². The van der Waals surface area contributed by atoms with Gasteiger partial charge in [-0.15, -0.1) is 0 Å². The summed E-state index contributed by atoms with van der Waals surface area (Å²) in [6.45, 7) is 3.37. The predicted molar refractivity (Wildman–Crippen MR) is 147 cm³/mol. The van der Waals surface area contributed by atoms with Crippen molar-refractivity contribution in [2.75, 3.05) is 18.0 Å². The van der Waals surface area contributed by atoms with Gasteiger partial charge < -0.3 is 14.7 Å². The van der Waals surface area contributed by atoms with E-state index in [1.165, 1.54) is 25.3 Å². The molecular formula is C31H32F2N4O2. The molecule has 4 aromatic rings. The lowest BCUT2D eigenvalue weighted by atomic mass is 9.86. The van der Waals surface area contributed by atoms with Crippen LogP contribution < -0.4 is 9.64 Å². The van der Waals surface area contributed by atoms with E-state index in [-0.39, 0.29) is 29.1 Å². The summed E-state index contributed by atoms with van der Waals surface area (Å²) in [5.74, 6) is 1.33. The maximum absolute atomic E-state index is 16.4. The summed E-state index contributed by atoms with van der Waals surface area (Å²) >= 11 is 0. The molecule has 0 amide bonds. The molecule has 1 saturated heterocycles. The topological polar surface area (TPSA) is 71.4 Å². The first kappa shape index (κ1) is 24.5. The lowest BCUT2D eigenvalue weighted by Gasteiger charge is -2.34. The highest BCUT2D eigenvalue weighted by Crippen LogP contribution is 2.42. The van der Waals surface area contributed by atoms with Crippen LogP contribution in [0.3, 0.4) is 0 Å². The number of phenols is 1. The van der Waals surface area contributed by atoms with E-state index >= 15 is 4.39 Å². The first-order valence-electron chi connectivity index (χ1n) is 14.0. The highest BCUT2D eigenvalue weighted by Gasteiger charge is 2.36. The normalized spacial score (nSPS) is 26.8. The second-order valence-corrected chi connectivity index (χ2v) is 11.9. The second kappa shape index (κ2) is 9.28. The van der Waals surface area contributed by atoms with Crippen LogP contribution in [-0.4, -0.2) is 44.9 Å².